The lowest BCUT2D eigenvalue weighted by Gasteiger charge is -2.07. The number of rotatable bonds is 3. The van der Waals surface area contributed by atoms with Gasteiger partial charge in [0.2, 0.25) is 5.95 Å². The van der Waals surface area contributed by atoms with Gasteiger partial charge in [-0.2, -0.15) is 5.10 Å². The standard InChI is InChI=1S/C23H22N4O/c1-14-5-8-18(9-6-14)22-13-20(19-11-15(2)7-10-21(19)28-22)26-27-23-24-16(3)12-17(4)25-23/h5-13H,1-4H3,(H,24,25,27)/b26-20+. The van der Waals surface area contributed by atoms with Crippen molar-refractivity contribution in [1.29, 1.82) is 0 Å². The molecule has 0 fully saturated rings. The highest BCUT2D eigenvalue weighted by atomic mass is 16.3. The van der Waals surface area contributed by atoms with Crippen LogP contribution in [0.2, 0.25) is 0 Å². The highest BCUT2D eigenvalue weighted by molar-refractivity contribution is 5.79. The largest absolute Gasteiger partial charge is 0.456 e. The summed E-state index contributed by atoms with van der Waals surface area (Å²) < 4.78 is 6.15. The molecule has 0 radical (unpaired) electrons. The molecule has 2 heterocycles. The fourth-order valence-electron chi connectivity index (χ4n) is 3.12. The van der Waals surface area contributed by atoms with Gasteiger partial charge < -0.3 is 4.42 Å². The normalized spacial score (nSPS) is 11.8. The van der Waals surface area contributed by atoms with E-state index in [0.717, 1.165) is 44.6 Å². The van der Waals surface area contributed by atoms with E-state index in [4.69, 9.17) is 4.42 Å². The highest BCUT2D eigenvalue weighted by Gasteiger charge is 2.07. The van der Waals surface area contributed by atoms with Gasteiger partial charge in [-0.25, -0.2) is 15.4 Å². The summed E-state index contributed by atoms with van der Waals surface area (Å²) in [4.78, 5) is 8.80. The first kappa shape index (κ1) is 17.9. The number of aromatic nitrogens is 2. The van der Waals surface area contributed by atoms with Crippen LogP contribution in [-0.2, 0) is 0 Å². The van der Waals surface area contributed by atoms with Gasteiger partial charge in [-0.1, -0.05) is 41.5 Å². The van der Waals surface area contributed by atoms with E-state index >= 15 is 0 Å². The molecule has 0 aliphatic carbocycles. The molecular formula is C23H22N4O. The molecule has 0 spiro atoms. The number of anilines is 1. The van der Waals surface area contributed by atoms with Crippen LogP contribution in [-0.4, -0.2) is 9.97 Å². The molecule has 5 heteroatoms. The Morgan fingerprint density at radius 3 is 2.18 bits per heavy atom. The van der Waals surface area contributed by atoms with Gasteiger partial charge >= 0.3 is 0 Å². The molecule has 0 amide bonds. The van der Waals surface area contributed by atoms with Crippen LogP contribution in [0.1, 0.15) is 22.5 Å². The average Bonchev–Trinajstić information content (AvgIpc) is 2.66. The van der Waals surface area contributed by atoms with Gasteiger partial charge in [0.15, 0.2) is 0 Å². The predicted octanol–water partition coefficient (Wildman–Crippen LogP) is 5.05. The van der Waals surface area contributed by atoms with E-state index in [9.17, 15) is 0 Å². The van der Waals surface area contributed by atoms with Crippen molar-refractivity contribution < 1.29 is 4.42 Å². The van der Waals surface area contributed by atoms with E-state index in [-0.39, 0.29) is 0 Å². The summed E-state index contributed by atoms with van der Waals surface area (Å²) >= 11 is 0. The smallest absolute Gasteiger partial charge is 0.243 e. The molecule has 0 saturated carbocycles. The van der Waals surface area contributed by atoms with Gasteiger partial charge in [0.1, 0.15) is 11.3 Å². The molecule has 0 aliphatic heterocycles. The lowest BCUT2D eigenvalue weighted by Crippen LogP contribution is -2.09. The zero-order valence-electron chi connectivity index (χ0n) is 16.4. The van der Waals surface area contributed by atoms with E-state index in [1.54, 1.807) is 0 Å². The number of nitrogens with one attached hydrogen (secondary N) is 1. The Hall–Kier alpha value is -3.47. The first-order valence-electron chi connectivity index (χ1n) is 9.21. The molecule has 0 saturated heterocycles. The third kappa shape index (κ3) is 3.78. The van der Waals surface area contributed by atoms with Crippen LogP contribution in [0.25, 0.3) is 22.3 Å². The van der Waals surface area contributed by atoms with Crippen LogP contribution < -0.4 is 10.8 Å². The third-order valence-electron chi connectivity index (χ3n) is 4.49. The van der Waals surface area contributed by atoms with Crippen LogP contribution in [0.3, 0.4) is 0 Å². The van der Waals surface area contributed by atoms with Crippen LogP contribution in [0.4, 0.5) is 5.95 Å². The minimum absolute atomic E-state index is 0.482. The average molecular weight is 370 g/mol. The second-order valence-corrected chi connectivity index (χ2v) is 7.06. The molecule has 28 heavy (non-hydrogen) atoms. The van der Waals surface area contributed by atoms with Crippen molar-refractivity contribution in [2.45, 2.75) is 27.7 Å². The van der Waals surface area contributed by atoms with Crippen molar-refractivity contribution in [3.8, 4) is 11.3 Å². The summed E-state index contributed by atoms with van der Waals surface area (Å²) in [5.74, 6) is 1.24. The van der Waals surface area contributed by atoms with E-state index < -0.39 is 0 Å². The van der Waals surface area contributed by atoms with E-state index in [2.05, 4.69) is 64.7 Å². The Bertz CT molecular complexity index is 1200. The molecule has 0 aliphatic rings. The SMILES string of the molecule is Cc1ccc(-c2c/c(=N\Nc3nc(C)cc(C)n3)c3cc(C)ccc3o2)cc1. The van der Waals surface area contributed by atoms with Crippen LogP contribution in [0.5, 0.6) is 0 Å². The highest BCUT2D eigenvalue weighted by Crippen LogP contribution is 2.23. The topological polar surface area (TPSA) is 63.3 Å². The first-order valence-corrected chi connectivity index (χ1v) is 9.21. The Kier molecular flexibility index (Phi) is 4.65. The fourth-order valence-corrected chi connectivity index (χ4v) is 3.12. The molecule has 0 bridgehead atoms. The van der Waals surface area contributed by atoms with Crippen molar-refractivity contribution in [3.63, 3.8) is 0 Å². The summed E-state index contributed by atoms with van der Waals surface area (Å²) in [6.45, 7) is 8.00. The van der Waals surface area contributed by atoms with E-state index in [1.165, 1.54) is 5.56 Å². The molecule has 4 aromatic rings. The molecule has 4 rings (SSSR count). The maximum absolute atomic E-state index is 6.15. The van der Waals surface area contributed by atoms with Gasteiger partial charge in [-0.3, -0.25) is 0 Å². The van der Waals surface area contributed by atoms with Gasteiger partial charge in [-0.05, 0) is 45.9 Å². The van der Waals surface area contributed by atoms with Crippen molar-refractivity contribution >= 4 is 16.9 Å². The number of hydrogen-bond acceptors (Lipinski definition) is 5. The summed E-state index contributed by atoms with van der Waals surface area (Å²) in [6, 6.07) is 18.2. The summed E-state index contributed by atoms with van der Waals surface area (Å²) in [6.07, 6.45) is 0. The maximum Gasteiger partial charge on any atom is 0.243 e. The zero-order chi connectivity index (χ0) is 19.7. The third-order valence-corrected chi connectivity index (χ3v) is 4.49. The zero-order valence-corrected chi connectivity index (χ0v) is 16.4. The number of fused-ring (bicyclic) bond motifs is 1. The molecule has 0 unspecified atom stereocenters. The fraction of sp³-hybridized carbons (Fsp3) is 0.174. The van der Waals surface area contributed by atoms with Crippen LogP contribution in [0, 0.1) is 27.7 Å². The molecular weight excluding hydrogens is 348 g/mol. The molecule has 2 aromatic carbocycles. The van der Waals surface area contributed by atoms with Crippen LogP contribution >= 0.6 is 0 Å². The van der Waals surface area contributed by atoms with Gasteiger partial charge in [0.05, 0.1) is 5.36 Å². The Balaban J connectivity index is 1.86. The van der Waals surface area contributed by atoms with Crippen LogP contribution in [0.15, 0.2) is 64.1 Å². The van der Waals surface area contributed by atoms with Crippen molar-refractivity contribution in [1.82, 2.24) is 9.97 Å². The minimum Gasteiger partial charge on any atom is -0.456 e. The van der Waals surface area contributed by atoms with Crippen molar-refractivity contribution in [3.05, 3.63) is 82.5 Å². The monoisotopic (exact) mass is 370 g/mol. The van der Waals surface area contributed by atoms with Crippen molar-refractivity contribution in [2.24, 2.45) is 5.10 Å². The van der Waals surface area contributed by atoms with Gasteiger partial charge in [0, 0.05) is 28.4 Å². The van der Waals surface area contributed by atoms with E-state index in [0.29, 0.717) is 5.95 Å². The molecule has 140 valence electrons. The molecule has 0 atom stereocenters. The molecule has 5 nitrogen and oxygen atoms in total. The quantitative estimate of drug-likeness (QED) is 0.513. The van der Waals surface area contributed by atoms with Crippen molar-refractivity contribution in [2.75, 3.05) is 5.43 Å². The number of aryl methyl sites for hydroxylation is 4. The molecule has 2 aromatic heterocycles. The minimum atomic E-state index is 0.482. The van der Waals surface area contributed by atoms with Gasteiger partial charge in [-0.15, -0.1) is 0 Å². The van der Waals surface area contributed by atoms with E-state index in [1.807, 2.05) is 38.1 Å². The summed E-state index contributed by atoms with van der Waals surface area (Å²) in [7, 11) is 0. The first-order chi connectivity index (χ1) is 13.5. The Morgan fingerprint density at radius 2 is 1.46 bits per heavy atom. The summed E-state index contributed by atoms with van der Waals surface area (Å²) in [5.41, 5.74) is 8.94. The number of benzene rings is 2. The molecule has 1 N–H and O–H groups in total. The Morgan fingerprint density at radius 1 is 0.786 bits per heavy atom. The lowest BCUT2D eigenvalue weighted by molar-refractivity contribution is 0.618. The second-order valence-electron chi connectivity index (χ2n) is 7.06. The second kappa shape index (κ2) is 7.27. The maximum atomic E-state index is 6.15. The number of hydrogen-bond donors (Lipinski definition) is 1. The lowest BCUT2D eigenvalue weighted by atomic mass is 10.1. The number of nitrogens with zero attached hydrogens (tertiary/aromatic N) is 3. The Labute approximate surface area is 163 Å². The van der Waals surface area contributed by atoms with Gasteiger partial charge in [0.25, 0.3) is 0 Å². The predicted molar refractivity (Wildman–Crippen MR) is 112 cm³/mol. The summed E-state index contributed by atoms with van der Waals surface area (Å²) in [5, 5.41) is 6.32.